The van der Waals surface area contributed by atoms with E-state index in [-0.39, 0.29) is 11.8 Å². The maximum absolute atomic E-state index is 13.2. The van der Waals surface area contributed by atoms with Gasteiger partial charge in [0, 0.05) is 24.7 Å². The molecule has 31 heavy (non-hydrogen) atoms. The first-order chi connectivity index (χ1) is 14.8. The summed E-state index contributed by atoms with van der Waals surface area (Å²) in [6, 6.07) is 7.53. The number of benzene rings is 1. The van der Waals surface area contributed by atoms with E-state index < -0.39 is 10.0 Å². The van der Waals surface area contributed by atoms with Crippen molar-refractivity contribution in [2.75, 3.05) is 18.4 Å². The topological polar surface area (TPSA) is 79.4 Å². The average Bonchev–Trinajstić information content (AvgIpc) is 2.75. The van der Waals surface area contributed by atoms with Crippen molar-refractivity contribution in [2.45, 2.75) is 64.2 Å². The molecule has 6 nitrogen and oxygen atoms in total. The Morgan fingerprint density at radius 1 is 1.03 bits per heavy atom. The van der Waals surface area contributed by atoms with Gasteiger partial charge in [0.1, 0.15) is 0 Å². The van der Waals surface area contributed by atoms with Crippen molar-refractivity contribution in [3.05, 3.63) is 52.3 Å². The highest BCUT2D eigenvalue weighted by atomic mass is 32.2. The minimum absolute atomic E-state index is 0.0531. The Labute approximate surface area is 185 Å². The highest BCUT2D eigenvalue weighted by molar-refractivity contribution is 7.89. The number of sulfonamides is 1. The number of aryl methyl sites for hydroxylation is 5. The summed E-state index contributed by atoms with van der Waals surface area (Å²) in [4.78, 5) is 17.7. The number of nitrogens with one attached hydrogen (secondary N) is 1. The molecule has 0 spiro atoms. The van der Waals surface area contributed by atoms with Crippen molar-refractivity contribution in [1.29, 1.82) is 0 Å². The second-order valence-electron chi connectivity index (χ2n) is 8.85. The lowest BCUT2D eigenvalue weighted by Crippen LogP contribution is -2.41. The monoisotopic (exact) mass is 441 g/mol. The summed E-state index contributed by atoms with van der Waals surface area (Å²) in [5.74, 6) is -0.252. The molecule has 1 fully saturated rings. The number of amides is 1. The summed E-state index contributed by atoms with van der Waals surface area (Å²) in [5, 5.41) is 3.03. The number of hydrogen-bond donors (Lipinski definition) is 1. The Morgan fingerprint density at radius 3 is 2.39 bits per heavy atom. The van der Waals surface area contributed by atoms with Crippen LogP contribution in [0.4, 0.5) is 5.69 Å². The van der Waals surface area contributed by atoms with Crippen molar-refractivity contribution in [3.63, 3.8) is 0 Å². The molecule has 1 amide bonds. The predicted molar refractivity (Wildman–Crippen MR) is 122 cm³/mol. The quantitative estimate of drug-likeness (QED) is 0.780. The molecule has 0 saturated carbocycles. The first-order valence-corrected chi connectivity index (χ1v) is 12.6. The minimum Gasteiger partial charge on any atom is -0.324 e. The molecule has 1 aliphatic carbocycles. The smallest absolute Gasteiger partial charge is 0.243 e. The van der Waals surface area contributed by atoms with Crippen molar-refractivity contribution in [3.8, 4) is 0 Å². The van der Waals surface area contributed by atoms with Gasteiger partial charge in [-0.15, -0.1) is 0 Å². The molecule has 2 heterocycles. The van der Waals surface area contributed by atoms with Crippen LogP contribution in [0.3, 0.4) is 0 Å². The maximum Gasteiger partial charge on any atom is 0.243 e. The Morgan fingerprint density at radius 2 is 1.71 bits per heavy atom. The zero-order valence-corrected chi connectivity index (χ0v) is 19.4. The molecule has 1 aromatic carbocycles. The molecule has 166 valence electrons. The average molecular weight is 442 g/mol. The SMILES string of the molecule is Cc1cc(C)c(NC(=O)C2CCN(S(=O)(=O)c3ccc4c(c3)CCCC4)CC2)c(C)n1. The van der Waals surface area contributed by atoms with Gasteiger partial charge in [-0.25, -0.2) is 8.42 Å². The van der Waals surface area contributed by atoms with Gasteiger partial charge in [0.15, 0.2) is 0 Å². The largest absolute Gasteiger partial charge is 0.324 e. The number of piperidine rings is 1. The molecule has 2 aromatic rings. The van der Waals surface area contributed by atoms with Crippen molar-refractivity contribution >= 4 is 21.6 Å². The Bertz CT molecular complexity index is 1080. The zero-order chi connectivity index (χ0) is 22.2. The van der Waals surface area contributed by atoms with Gasteiger partial charge in [-0.1, -0.05) is 6.07 Å². The van der Waals surface area contributed by atoms with Gasteiger partial charge in [-0.05, 0) is 94.2 Å². The lowest BCUT2D eigenvalue weighted by molar-refractivity contribution is -0.120. The third-order valence-electron chi connectivity index (χ3n) is 6.56. The molecule has 1 saturated heterocycles. The van der Waals surface area contributed by atoms with Crippen molar-refractivity contribution in [1.82, 2.24) is 9.29 Å². The van der Waals surface area contributed by atoms with E-state index in [1.807, 2.05) is 39.0 Å². The molecule has 1 aromatic heterocycles. The van der Waals surface area contributed by atoms with Crippen molar-refractivity contribution in [2.24, 2.45) is 5.92 Å². The number of aromatic nitrogens is 1. The number of carbonyl (C=O) groups is 1. The number of fused-ring (bicyclic) bond motifs is 1. The second kappa shape index (κ2) is 8.71. The maximum atomic E-state index is 13.2. The van der Waals surface area contributed by atoms with Gasteiger partial charge in [0.05, 0.1) is 16.3 Å². The van der Waals surface area contributed by atoms with E-state index in [2.05, 4.69) is 10.3 Å². The third-order valence-corrected chi connectivity index (χ3v) is 8.45. The first-order valence-electron chi connectivity index (χ1n) is 11.1. The van der Waals surface area contributed by atoms with Crippen LogP contribution in [0.1, 0.15) is 53.8 Å². The fraction of sp³-hybridized carbons (Fsp3) is 0.500. The Balaban J connectivity index is 1.42. The van der Waals surface area contributed by atoms with E-state index in [0.717, 1.165) is 41.9 Å². The van der Waals surface area contributed by atoms with E-state index in [1.54, 1.807) is 6.07 Å². The van der Waals surface area contributed by atoms with Crippen LogP contribution in [0.15, 0.2) is 29.2 Å². The molecular weight excluding hydrogens is 410 g/mol. The normalized spacial score (nSPS) is 17.9. The lowest BCUT2D eigenvalue weighted by Gasteiger charge is -2.31. The van der Waals surface area contributed by atoms with Gasteiger partial charge >= 0.3 is 0 Å². The van der Waals surface area contributed by atoms with Crippen LogP contribution in [-0.4, -0.2) is 36.7 Å². The first kappa shape index (κ1) is 22.0. The van der Waals surface area contributed by atoms with E-state index in [9.17, 15) is 13.2 Å². The van der Waals surface area contributed by atoms with Crippen LogP contribution in [0, 0.1) is 26.7 Å². The molecule has 4 rings (SSSR count). The number of pyridine rings is 1. The van der Waals surface area contributed by atoms with E-state index in [4.69, 9.17) is 0 Å². The van der Waals surface area contributed by atoms with Crippen molar-refractivity contribution < 1.29 is 13.2 Å². The highest BCUT2D eigenvalue weighted by Gasteiger charge is 2.32. The summed E-state index contributed by atoms with van der Waals surface area (Å²) >= 11 is 0. The van der Waals surface area contributed by atoms with Crippen LogP contribution < -0.4 is 5.32 Å². The number of nitrogens with zero attached hydrogens (tertiary/aromatic N) is 2. The van der Waals surface area contributed by atoms with Crippen LogP contribution in [-0.2, 0) is 27.7 Å². The van der Waals surface area contributed by atoms with Gasteiger partial charge < -0.3 is 5.32 Å². The second-order valence-corrected chi connectivity index (χ2v) is 10.8. The standard InChI is InChI=1S/C24H31N3O3S/c1-16-14-17(2)25-18(3)23(16)26-24(28)20-10-12-27(13-11-20)31(29,30)22-9-8-19-6-4-5-7-21(19)15-22/h8-9,14-15,20H,4-7,10-13H2,1-3H3,(H,26,28). The molecular formula is C24H31N3O3S. The molecule has 1 aliphatic heterocycles. The molecule has 0 bridgehead atoms. The van der Waals surface area contributed by atoms with Crippen LogP contribution in [0.25, 0.3) is 0 Å². The molecule has 0 unspecified atom stereocenters. The number of hydrogen-bond acceptors (Lipinski definition) is 4. The van der Waals surface area contributed by atoms with Gasteiger partial charge in [0.25, 0.3) is 0 Å². The summed E-state index contributed by atoms with van der Waals surface area (Å²) in [7, 11) is -3.53. The molecule has 0 atom stereocenters. The predicted octanol–water partition coefficient (Wildman–Crippen LogP) is 3.93. The van der Waals surface area contributed by atoms with E-state index in [0.29, 0.717) is 30.8 Å². The third kappa shape index (κ3) is 4.53. The van der Waals surface area contributed by atoms with Crippen LogP contribution in [0.2, 0.25) is 0 Å². The molecule has 1 N–H and O–H groups in total. The van der Waals surface area contributed by atoms with E-state index in [1.165, 1.54) is 21.9 Å². The zero-order valence-electron chi connectivity index (χ0n) is 18.6. The van der Waals surface area contributed by atoms with Gasteiger partial charge in [-0.2, -0.15) is 4.31 Å². The fourth-order valence-corrected chi connectivity index (χ4v) is 6.34. The molecule has 0 radical (unpaired) electrons. The van der Waals surface area contributed by atoms with Gasteiger partial charge in [-0.3, -0.25) is 9.78 Å². The number of rotatable bonds is 4. The number of carbonyl (C=O) groups excluding carboxylic acids is 1. The number of anilines is 1. The fourth-order valence-electron chi connectivity index (χ4n) is 4.82. The summed E-state index contributed by atoms with van der Waals surface area (Å²) in [5.41, 5.74) is 5.92. The van der Waals surface area contributed by atoms with Gasteiger partial charge in [0.2, 0.25) is 15.9 Å². The Kier molecular flexibility index (Phi) is 6.17. The Hall–Kier alpha value is -2.25. The summed E-state index contributed by atoms with van der Waals surface area (Å²) in [6.45, 7) is 6.52. The summed E-state index contributed by atoms with van der Waals surface area (Å²) in [6.07, 6.45) is 5.32. The minimum atomic E-state index is -3.53. The van der Waals surface area contributed by atoms with Crippen LogP contribution >= 0.6 is 0 Å². The van der Waals surface area contributed by atoms with E-state index >= 15 is 0 Å². The molecule has 2 aliphatic rings. The highest BCUT2D eigenvalue weighted by Crippen LogP contribution is 2.29. The van der Waals surface area contributed by atoms with Crippen LogP contribution in [0.5, 0.6) is 0 Å². The molecule has 7 heteroatoms. The lowest BCUT2D eigenvalue weighted by atomic mass is 9.92. The summed E-state index contributed by atoms with van der Waals surface area (Å²) < 4.78 is 27.9.